The lowest BCUT2D eigenvalue weighted by Crippen LogP contribution is -2.23. The fraction of sp³-hybridized carbons (Fsp3) is 0.368. The molecule has 0 aliphatic rings. The molecule has 4 aromatic rings. The number of aryl methyl sites for hydroxylation is 2. The van der Waals surface area contributed by atoms with Crippen LogP contribution in [0.2, 0.25) is 0 Å². The van der Waals surface area contributed by atoms with Crippen LogP contribution in [0.15, 0.2) is 40.4 Å². The van der Waals surface area contributed by atoms with E-state index in [4.69, 9.17) is 0 Å². The molecule has 0 aliphatic heterocycles. The lowest BCUT2D eigenvalue weighted by Gasteiger charge is -2.11. The fourth-order valence-electron chi connectivity index (χ4n) is 3.46. The third kappa shape index (κ3) is 3.19. The molecule has 0 aliphatic carbocycles. The monoisotopic (exact) mass is 429 g/mol. The van der Waals surface area contributed by atoms with Crippen molar-refractivity contribution in [2.75, 3.05) is 14.1 Å². The number of rotatable bonds is 6. The van der Waals surface area contributed by atoms with Crippen molar-refractivity contribution in [2.24, 2.45) is 7.05 Å². The van der Waals surface area contributed by atoms with E-state index >= 15 is 0 Å². The maximum atomic E-state index is 12.8. The van der Waals surface area contributed by atoms with Crippen LogP contribution in [0.3, 0.4) is 0 Å². The molecular weight excluding hydrogens is 406 g/mol. The Balaban J connectivity index is 1.83. The van der Waals surface area contributed by atoms with E-state index in [1.165, 1.54) is 35.5 Å². The summed E-state index contributed by atoms with van der Waals surface area (Å²) in [6.07, 6.45) is 3.86. The predicted octanol–water partition coefficient (Wildman–Crippen LogP) is 1.19. The average Bonchev–Trinajstić information content (AvgIpc) is 3.25. The number of hydrogen-bond donors (Lipinski definition) is 0. The normalized spacial score (nSPS) is 12.4. The van der Waals surface area contributed by atoms with Crippen molar-refractivity contribution >= 4 is 32.1 Å². The standard InChI is InChI=1S/C19H23N7O3S/c1-5-8-26-16-7-6-13(30(28,29)23(2)3)9-15(16)22-17(26)11-25-12-20-18-14(19(25)27)10-21-24(18)4/h6-7,9-10,12H,5,8,11H2,1-4H3. The van der Waals surface area contributed by atoms with E-state index in [2.05, 4.69) is 22.0 Å². The molecule has 0 bridgehead atoms. The first-order valence-electron chi connectivity index (χ1n) is 9.53. The topological polar surface area (TPSA) is 108 Å². The Labute approximate surface area is 173 Å². The zero-order valence-electron chi connectivity index (χ0n) is 17.3. The Morgan fingerprint density at radius 3 is 2.67 bits per heavy atom. The third-order valence-corrected chi connectivity index (χ3v) is 6.87. The summed E-state index contributed by atoms with van der Waals surface area (Å²) in [4.78, 5) is 22.0. The molecule has 3 heterocycles. The van der Waals surface area contributed by atoms with Crippen LogP contribution in [0.25, 0.3) is 22.1 Å². The minimum absolute atomic E-state index is 0.184. The molecule has 0 fully saturated rings. The van der Waals surface area contributed by atoms with Crippen molar-refractivity contribution in [3.63, 3.8) is 0 Å². The van der Waals surface area contributed by atoms with Crippen molar-refractivity contribution in [3.8, 4) is 0 Å². The van der Waals surface area contributed by atoms with E-state index in [0.717, 1.165) is 11.9 Å². The van der Waals surface area contributed by atoms with Crippen molar-refractivity contribution in [2.45, 2.75) is 31.3 Å². The number of benzene rings is 1. The van der Waals surface area contributed by atoms with Crippen molar-refractivity contribution < 1.29 is 8.42 Å². The summed E-state index contributed by atoms with van der Waals surface area (Å²) < 4.78 is 31.2. The molecule has 0 saturated heterocycles. The van der Waals surface area contributed by atoms with E-state index in [9.17, 15) is 13.2 Å². The van der Waals surface area contributed by atoms with Gasteiger partial charge < -0.3 is 4.57 Å². The van der Waals surface area contributed by atoms with Crippen LogP contribution in [-0.2, 0) is 30.2 Å². The van der Waals surface area contributed by atoms with Gasteiger partial charge in [0.05, 0.1) is 28.7 Å². The molecule has 0 saturated carbocycles. The summed E-state index contributed by atoms with van der Waals surface area (Å²) in [5.74, 6) is 0.665. The molecule has 0 spiro atoms. The number of hydrogen-bond acceptors (Lipinski definition) is 6. The first-order valence-corrected chi connectivity index (χ1v) is 11.0. The summed E-state index contributed by atoms with van der Waals surface area (Å²) in [7, 11) is 1.16. The molecular formula is C19H23N7O3S. The van der Waals surface area contributed by atoms with E-state index in [1.807, 2.05) is 4.57 Å². The molecule has 11 heteroatoms. The van der Waals surface area contributed by atoms with Gasteiger partial charge in [-0.2, -0.15) is 5.10 Å². The molecule has 0 amide bonds. The number of imidazole rings is 1. The van der Waals surface area contributed by atoms with Crippen LogP contribution in [0.5, 0.6) is 0 Å². The first kappa shape index (κ1) is 20.2. The highest BCUT2D eigenvalue weighted by Crippen LogP contribution is 2.23. The Hall–Kier alpha value is -3.05. The largest absolute Gasteiger partial charge is 0.326 e. The molecule has 4 rings (SSSR count). The molecule has 0 N–H and O–H groups in total. The van der Waals surface area contributed by atoms with Gasteiger partial charge in [-0.15, -0.1) is 0 Å². The molecule has 30 heavy (non-hydrogen) atoms. The summed E-state index contributed by atoms with van der Waals surface area (Å²) >= 11 is 0. The van der Waals surface area contributed by atoms with Crippen LogP contribution in [-0.4, -0.2) is 55.7 Å². The molecule has 3 aromatic heterocycles. The highest BCUT2D eigenvalue weighted by Gasteiger charge is 2.20. The Morgan fingerprint density at radius 1 is 1.20 bits per heavy atom. The van der Waals surface area contributed by atoms with Gasteiger partial charge >= 0.3 is 0 Å². The maximum absolute atomic E-state index is 12.8. The number of nitrogens with zero attached hydrogens (tertiary/aromatic N) is 7. The Bertz CT molecular complexity index is 1410. The van der Waals surface area contributed by atoms with Crippen LogP contribution in [0.1, 0.15) is 19.2 Å². The van der Waals surface area contributed by atoms with Crippen LogP contribution < -0.4 is 5.56 Å². The van der Waals surface area contributed by atoms with Gasteiger partial charge in [-0.3, -0.25) is 14.0 Å². The van der Waals surface area contributed by atoms with Gasteiger partial charge in [-0.05, 0) is 24.6 Å². The zero-order valence-corrected chi connectivity index (χ0v) is 18.1. The van der Waals surface area contributed by atoms with Gasteiger partial charge in [-0.1, -0.05) is 6.92 Å². The fourth-order valence-corrected chi connectivity index (χ4v) is 4.38. The Kier molecular flexibility index (Phi) is 4.94. The van der Waals surface area contributed by atoms with Gasteiger partial charge in [0.15, 0.2) is 5.65 Å². The van der Waals surface area contributed by atoms with Crippen LogP contribution in [0.4, 0.5) is 0 Å². The smallest absolute Gasteiger partial charge is 0.264 e. The van der Waals surface area contributed by atoms with Crippen molar-refractivity contribution in [1.82, 2.24) is 33.2 Å². The summed E-state index contributed by atoms with van der Waals surface area (Å²) in [6.45, 7) is 2.97. The van der Waals surface area contributed by atoms with Gasteiger partial charge in [0.1, 0.15) is 17.5 Å². The van der Waals surface area contributed by atoms with Crippen LogP contribution >= 0.6 is 0 Å². The highest BCUT2D eigenvalue weighted by atomic mass is 32.2. The van der Waals surface area contributed by atoms with Gasteiger partial charge in [0.2, 0.25) is 10.0 Å². The molecule has 1 aromatic carbocycles. The van der Waals surface area contributed by atoms with E-state index in [1.54, 1.807) is 29.9 Å². The second-order valence-corrected chi connectivity index (χ2v) is 9.45. The first-order chi connectivity index (χ1) is 14.2. The maximum Gasteiger partial charge on any atom is 0.264 e. The average molecular weight is 430 g/mol. The quantitative estimate of drug-likeness (QED) is 0.456. The van der Waals surface area contributed by atoms with Gasteiger partial charge in [-0.25, -0.2) is 22.7 Å². The number of fused-ring (bicyclic) bond motifs is 2. The van der Waals surface area contributed by atoms with E-state index in [0.29, 0.717) is 28.9 Å². The molecule has 0 radical (unpaired) electrons. The SMILES string of the molecule is CCCn1c(Cn2cnc3c(cnn3C)c2=O)nc2cc(S(=O)(=O)N(C)C)ccc21. The summed E-state index contributed by atoms with van der Waals surface area (Å²) in [6, 6.07) is 4.93. The predicted molar refractivity (Wildman–Crippen MR) is 113 cm³/mol. The third-order valence-electron chi connectivity index (χ3n) is 5.05. The lowest BCUT2D eigenvalue weighted by molar-refractivity contribution is 0.521. The van der Waals surface area contributed by atoms with Gasteiger partial charge in [0.25, 0.3) is 5.56 Å². The highest BCUT2D eigenvalue weighted by molar-refractivity contribution is 7.89. The van der Waals surface area contributed by atoms with Crippen molar-refractivity contribution in [3.05, 3.63) is 46.9 Å². The summed E-state index contributed by atoms with van der Waals surface area (Å²) in [5.41, 5.74) is 1.73. The van der Waals surface area contributed by atoms with Crippen LogP contribution in [0, 0.1) is 0 Å². The number of aromatic nitrogens is 6. The van der Waals surface area contributed by atoms with E-state index in [-0.39, 0.29) is 17.0 Å². The zero-order chi connectivity index (χ0) is 21.6. The minimum atomic E-state index is -3.56. The molecule has 158 valence electrons. The Morgan fingerprint density at radius 2 is 1.97 bits per heavy atom. The van der Waals surface area contributed by atoms with Crippen molar-refractivity contribution in [1.29, 1.82) is 0 Å². The lowest BCUT2D eigenvalue weighted by atomic mass is 10.3. The molecule has 10 nitrogen and oxygen atoms in total. The second kappa shape index (κ2) is 7.33. The summed E-state index contributed by atoms with van der Waals surface area (Å²) in [5, 5.41) is 4.53. The van der Waals surface area contributed by atoms with E-state index < -0.39 is 10.0 Å². The number of sulfonamides is 1. The molecule has 0 atom stereocenters. The second-order valence-electron chi connectivity index (χ2n) is 7.30. The van der Waals surface area contributed by atoms with Gasteiger partial charge in [0, 0.05) is 27.7 Å². The minimum Gasteiger partial charge on any atom is -0.326 e. The molecule has 0 unspecified atom stereocenters.